The molecule has 0 fully saturated rings. The molecular formula is C26H36N2O3. The van der Waals surface area contributed by atoms with Crippen molar-refractivity contribution >= 4 is 5.71 Å². The topological polar surface area (TPSA) is 43.3 Å². The molecule has 0 aliphatic rings. The van der Waals surface area contributed by atoms with Crippen LogP contribution >= 0.6 is 0 Å². The van der Waals surface area contributed by atoms with Gasteiger partial charge in [0.15, 0.2) is 0 Å². The first-order chi connectivity index (χ1) is 15.0. The highest BCUT2D eigenvalue weighted by Gasteiger charge is 2.10. The number of benzene rings is 2. The average Bonchev–Trinajstić information content (AvgIpc) is 2.75. The molecule has 5 nitrogen and oxygen atoms in total. The Kier molecular flexibility index (Phi) is 10.7. The third-order valence-electron chi connectivity index (χ3n) is 4.92. The van der Waals surface area contributed by atoms with Crippen LogP contribution in [-0.2, 0) is 4.84 Å². The maximum Gasteiger partial charge on any atom is 0.125 e. The number of ether oxygens (including phenoxy) is 2. The molecule has 0 amide bonds. The Labute approximate surface area is 187 Å². The zero-order chi connectivity index (χ0) is 22.5. The molecule has 0 unspecified atom stereocenters. The first-order valence-corrected chi connectivity index (χ1v) is 10.9. The molecule has 0 heterocycles. The zero-order valence-electron chi connectivity index (χ0n) is 19.6. The minimum absolute atomic E-state index is 0.587. The summed E-state index contributed by atoms with van der Waals surface area (Å²) in [6.45, 7) is 9.12. The Morgan fingerprint density at radius 2 is 1.74 bits per heavy atom. The number of oxime groups is 1. The van der Waals surface area contributed by atoms with Gasteiger partial charge in [-0.25, -0.2) is 0 Å². The lowest BCUT2D eigenvalue weighted by molar-refractivity contribution is 0.211. The third-order valence-corrected chi connectivity index (χ3v) is 4.92. The summed E-state index contributed by atoms with van der Waals surface area (Å²) in [5.74, 6) is 1.85. The fourth-order valence-corrected chi connectivity index (χ4v) is 3.37. The van der Waals surface area contributed by atoms with Crippen molar-refractivity contribution in [1.29, 1.82) is 0 Å². The molecule has 2 aromatic rings. The van der Waals surface area contributed by atoms with Gasteiger partial charge in [0.05, 0.1) is 6.61 Å². The molecule has 2 rings (SSSR count). The quantitative estimate of drug-likeness (QED) is 0.187. The van der Waals surface area contributed by atoms with Crippen molar-refractivity contribution in [1.82, 2.24) is 4.90 Å². The minimum Gasteiger partial charge on any atom is -0.493 e. The molecular weight excluding hydrogens is 388 g/mol. The number of hydrogen-bond donors (Lipinski definition) is 0. The second-order valence-electron chi connectivity index (χ2n) is 7.65. The highest BCUT2D eigenvalue weighted by atomic mass is 16.6. The van der Waals surface area contributed by atoms with E-state index in [-0.39, 0.29) is 0 Å². The standard InChI is InChI=1S/C26H36N2O3/c1-6-7-16-30-24-18-21(2)26(22(3)19-24)31-17-12-11-15-28(4)20-25(27-29-5)23-13-9-8-10-14-23/h6-10,13-14,18-19H,11-12,15-17,20H2,1-5H3/b7-6+,27-25?. The summed E-state index contributed by atoms with van der Waals surface area (Å²) in [5, 5.41) is 4.20. The number of rotatable bonds is 13. The third kappa shape index (κ3) is 8.46. The number of unbranched alkanes of at least 4 members (excludes halogenated alkanes) is 1. The van der Waals surface area contributed by atoms with E-state index in [1.54, 1.807) is 7.11 Å². The number of aryl methyl sites for hydroxylation is 2. The van der Waals surface area contributed by atoms with Gasteiger partial charge in [-0.05, 0) is 70.5 Å². The van der Waals surface area contributed by atoms with E-state index >= 15 is 0 Å². The smallest absolute Gasteiger partial charge is 0.125 e. The van der Waals surface area contributed by atoms with Crippen LogP contribution in [0, 0.1) is 13.8 Å². The second kappa shape index (κ2) is 13.5. The summed E-state index contributed by atoms with van der Waals surface area (Å²) in [6, 6.07) is 14.2. The van der Waals surface area contributed by atoms with Gasteiger partial charge in [0, 0.05) is 12.1 Å². The van der Waals surface area contributed by atoms with Crippen LogP contribution in [0.15, 0.2) is 59.8 Å². The van der Waals surface area contributed by atoms with Gasteiger partial charge >= 0.3 is 0 Å². The molecule has 168 valence electrons. The van der Waals surface area contributed by atoms with Crippen molar-refractivity contribution < 1.29 is 14.3 Å². The molecule has 2 aromatic carbocycles. The van der Waals surface area contributed by atoms with E-state index in [4.69, 9.17) is 14.3 Å². The van der Waals surface area contributed by atoms with Gasteiger partial charge in [-0.3, -0.25) is 0 Å². The van der Waals surface area contributed by atoms with E-state index < -0.39 is 0 Å². The van der Waals surface area contributed by atoms with E-state index in [2.05, 4.69) is 43.1 Å². The fourth-order valence-electron chi connectivity index (χ4n) is 3.37. The van der Waals surface area contributed by atoms with Gasteiger partial charge in [-0.1, -0.05) is 47.6 Å². The Morgan fingerprint density at radius 1 is 1.03 bits per heavy atom. The van der Waals surface area contributed by atoms with Crippen molar-refractivity contribution in [3.63, 3.8) is 0 Å². The van der Waals surface area contributed by atoms with E-state index in [1.807, 2.05) is 49.4 Å². The number of likely N-dealkylation sites (N-methyl/N-ethyl adjacent to an activating group) is 1. The first kappa shape index (κ1) is 24.5. The minimum atomic E-state index is 0.587. The van der Waals surface area contributed by atoms with Crippen LogP contribution in [0.3, 0.4) is 0 Å². The SMILES string of the molecule is C/C=C/COc1cc(C)c(OCCCCN(C)CC(=NOC)c2ccccc2)c(C)c1. The molecule has 0 radical (unpaired) electrons. The molecule has 0 aliphatic carbocycles. The predicted octanol–water partition coefficient (Wildman–Crippen LogP) is 5.40. The van der Waals surface area contributed by atoms with Gasteiger partial charge in [-0.2, -0.15) is 0 Å². The summed E-state index contributed by atoms with van der Waals surface area (Å²) in [4.78, 5) is 7.30. The lowest BCUT2D eigenvalue weighted by Crippen LogP contribution is -2.28. The Bertz CT molecular complexity index is 824. The molecule has 0 aliphatic heterocycles. The normalized spacial score (nSPS) is 11.9. The highest BCUT2D eigenvalue weighted by Crippen LogP contribution is 2.28. The highest BCUT2D eigenvalue weighted by molar-refractivity contribution is 6.01. The molecule has 0 atom stereocenters. The predicted molar refractivity (Wildman–Crippen MR) is 128 cm³/mol. The van der Waals surface area contributed by atoms with E-state index in [0.29, 0.717) is 13.2 Å². The van der Waals surface area contributed by atoms with Crippen molar-refractivity contribution in [3.8, 4) is 11.5 Å². The zero-order valence-corrected chi connectivity index (χ0v) is 19.6. The van der Waals surface area contributed by atoms with E-state index in [0.717, 1.165) is 59.8 Å². The van der Waals surface area contributed by atoms with E-state index in [9.17, 15) is 0 Å². The molecule has 31 heavy (non-hydrogen) atoms. The Morgan fingerprint density at radius 3 is 2.39 bits per heavy atom. The van der Waals surface area contributed by atoms with Crippen molar-refractivity contribution in [3.05, 3.63) is 71.3 Å². The number of hydrogen-bond acceptors (Lipinski definition) is 5. The summed E-state index contributed by atoms with van der Waals surface area (Å²) in [7, 11) is 3.70. The molecule has 0 saturated carbocycles. The summed E-state index contributed by atoms with van der Waals surface area (Å²) < 4.78 is 11.8. The second-order valence-corrected chi connectivity index (χ2v) is 7.65. The maximum atomic E-state index is 6.09. The number of allylic oxidation sites excluding steroid dienone is 1. The van der Waals surface area contributed by atoms with Gasteiger partial charge in [0.25, 0.3) is 0 Å². The summed E-state index contributed by atoms with van der Waals surface area (Å²) in [6.07, 6.45) is 6.02. The first-order valence-electron chi connectivity index (χ1n) is 10.9. The Balaban J connectivity index is 1.77. The van der Waals surface area contributed by atoms with E-state index in [1.165, 1.54) is 0 Å². The van der Waals surface area contributed by atoms with Crippen molar-refractivity contribution in [2.75, 3.05) is 40.5 Å². The van der Waals surface area contributed by atoms with Crippen LogP contribution in [0.5, 0.6) is 11.5 Å². The average molecular weight is 425 g/mol. The van der Waals surface area contributed by atoms with Gasteiger partial charge in [-0.15, -0.1) is 0 Å². The van der Waals surface area contributed by atoms with Crippen LogP contribution in [0.4, 0.5) is 0 Å². The van der Waals surface area contributed by atoms with Crippen molar-refractivity contribution in [2.45, 2.75) is 33.6 Å². The van der Waals surface area contributed by atoms with Crippen LogP contribution in [-0.4, -0.2) is 51.1 Å². The Hall–Kier alpha value is -2.79. The van der Waals surface area contributed by atoms with Crippen molar-refractivity contribution in [2.24, 2.45) is 5.16 Å². The largest absolute Gasteiger partial charge is 0.493 e. The molecule has 0 spiro atoms. The van der Waals surface area contributed by atoms with Crippen LogP contribution in [0.2, 0.25) is 0 Å². The lowest BCUT2D eigenvalue weighted by Gasteiger charge is -2.18. The van der Waals surface area contributed by atoms with Crippen LogP contribution in [0.1, 0.15) is 36.5 Å². The maximum absolute atomic E-state index is 6.09. The molecule has 0 N–H and O–H groups in total. The van der Waals surface area contributed by atoms with Gasteiger partial charge < -0.3 is 19.2 Å². The molecule has 0 bridgehead atoms. The molecule has 5 heteroatoms. The summed E-state index contributed by atoms with van der Waals surface area (Å²) in [5.41, 5.74) is 4.24. The number of nitrogens with zero attached hydrogens (tertiary/aromatic N) is 2. The fraction of sp³-hybridized carbons (Fsp3) is 0.423. The lowest BCUT2D eigenvalue weighted by atomic mass is 10.1. The molecule has 0 saturated heterocycles. The van der Waals surface area contributed by atoms with Gasteiger partial charge in [0.2, 0.25) is 0 Å². The molecule has 0 aromatic heterocycles. The monoisotopic (exact) mass is 424 g/mol. The van der Waals surface area contributed by atoms with Crippen LogP contribution < -0.4 is 9.47 Å². The summed E-state index contributed by atoms with van der Waals surface area (Å²) >= 11 is 0. The van der Waals surface area contributed by atoms with Gasteiger partial charge in [0.1, 0.15) is 30.9 Å². The van der Waals surface area contributed by atoms with Crippen LogP contribution in [0.25, 0.3) is 0 Å².